The molecule has 1 unspecified atom stereocenters. The number of fused-ring (bicyclic) bond motifs is 1. The van der Waals surface area contributed by atoms with Crippen LogP contribution in [0.1, 0.15) is 40.2 Å². The van der Waals surface area contributed by atoms with Crippen molar-refractivity contribution in [2.75, 3.05) is 18.9 Å². The van der Waals surface area contributed by atoms with Crippen LogP contribution < -0.4 is 5.73 Å². The summed E-state index contributed by atoms with van der Waals surface area (Å²) in [6, 6.07) is -0.457. The van der Waals surface area contributed by atoms with Gasteiger partial charge in [-0.15, -0.1) is 6.42 Å². The minimum Gasteiger partial charge on any atom is -0.461 e. The van der Waals surface area contributed by atoms with Gasteiger partial charge in [-0.3, -0.25) is 9.59 Å². The Bertz CT molecular complexity index is 1060. The zero-order valence-electron chi connectivity index (χ0n) is 18.4. The van der Waals surface area contributed by atoms with Crippen LogP contribution in [0.4, 0.5) is 10.2 Å². The Hall–Kier alpha value is -3.26. The van der Waals surface area contributed by atoms with Gasteiger partial charge in [0.2, 0.25) is 0 Å². The molecule has 0 radical (unpaired) electrons. The first kappa shape index (κ1) is 23.4. The molecular formula is C21H26FN5O5. The molecule has 0 spiro atoms. The number of halogens is 1. The molecule has 0 saturated carbocycles. The number of terminal acetylenes is 1. The van der Waals surface area contributed by atoms with E-state index in [1.54, 1.807) is 32.3 Å². The summed E-state index contributed by atoms with van der Waals surface area (Å²) >= 11 is 0. The van der Waals surface area contributed by atoms with Gasteiger partial charge >= 0.3 is 18.0 Å². The summed E-state index contributed by atoms with van der Waals surface area (Å²) in [7, 11) is 0. The van der Waals surface area contributed by atoms with Crippen LogP contribution in [-0.2, 0) is 23.8 Å². The first-order chi connectivity index (χ1) is 15.1. The number of nitrogens with zero attached hydrogens (tertiary/aromatic N) is 4. The number of carbonyl (C=O) groups excluding carboxylic acids is 2. The summed E-state index contributed by atoms with van der Waals surface area (Å²) in [5, 5.41) is 0. The van der Waals surface area contributed by atoms with Gasteiger partial charge in [0.15, 0.2) is 17.1 Å². The molecule has 2 aromatic heterocycles. The lowest BCUT2D eigenvalue weighted by atomic mass is 9.89. The van der Waals surface area contributed by atoms with E-state index in [-0.39, 0.29) is 42.5 Å². The number of imidazole rings is 1. The molecule has 0 aromatic carbocycles. The van der Waals surface area contributed by atoms with E-state index in [1.807, 2.05) is 0 Å². The van der Waals surface area contributed by atoms with Crippen molar-refractivity contribution in [3.8, 4) is 12.3 Å². The monoisotopic (exact) mass is 447 g/mol. The van der Waals surface area contributed by atoms with Crippen molar-refractivity contribution < 1.29 is 28.2 Å². The maximum atomic E-state index is 13.8. The van der Waals surface area contributed by atoms with Gasteiger partial charge in [0, 0.05) is 6.42 Å². The molecule has 172 valence electrons. The van der Waals surface area contributed by atoms with Crippen molar-refractivity contribution in [2.24, 2.45) is 11.8 Å². The molecule has 11 heteroatoms. The normalized spacial score (nSPS) is 23.3. The summed E-state index contributed by atoms with van der Waals surface area (Å²) in [6.45, 7) is 6.52. The highest BCUT2D eigenvalue weighted by molar-refractivity contribution is 5.81. The highest BCUT2D eigenvalue weighted by atomic mass is 19.1. The smallest absolute Gasteiger partial charge is 0.312 e. The Morgan fingerprint density at radius 3 is 2.66 bits per heavy atom. The summed E-state index contributed by atoms with van der Waals surface area (Å²) in [4.78, 5) is 35.8. The van der Waals surface area contributed by atoms with E-state index < -0.39 is 41.7 Å². The number of nitrogen functional groups attached to an aromatic ring is 1. The topological polar surface area (TPSA) is 131 Å². The SMILES string of the molecule is C#C[C@]1(COC(=O)C(C)C)OCC(n2cnc3c(N)nc(F)nc32)C[C@@H]1OC(=O)C(C)C. The lowest BCUT2D eigenvalue weighted by Crippen LogP contribution is -2.55. The molecule has 1 saturated heterocycles. The summed E-state index contributed by atoms with van der Waals surface area (Å²) in [5.41, 5.74) is 4.69. The number of ether oxygens (including phenoxy) is 3. The second-order valence-corrected chi connectivity index (χ2v) is 8.28. The Balaban J connectivity index is 1.93. The average Bonchev–Trinajstić information content (AvgIpc) is 3.16. The van der Waals surface area contributed by atoms with E-state index in [4.69, 9.17) is 26.4 Å². The van der Waals surface area contributed by atoms with Crippen molar-refractivity contribution in [1.29, 1.82) is 0 Å². The van der Waals surface area contributed by atoms with Gasteiger partial charge in [0.25, 0.3) is 0 Å². The Morgan fingerprint density at radius 1 is 1.34 bits per heavy atom. The number of hydrogen-bond donors (Lipinski definition) is 1. The van der Waals surface area contributed by atoms with Gasteiger partial charge in [0.1, 0.15) is 18.2 Å². The fraction of sp³-hybridized carbons (Fsp3) is 0.571. The molecule has 1 fully saturated rings. The average molecular weight is 447 g/mol. The van der Waals surface area contributed by atoms with E-state index >= 15 is 0 Å². The second kappa shape index (κ2) is 9.08. The van der Waals surface area contributed by atoms with Gasteiger partial charge in [0.05, 0.1) is 30.8 Å². The Morgan fingerprint density at radius 2 is 2.03 bits per heavy atom. The number of hydrogen-bond acceptors (Lipinski definition) is 9. The first-order valence-electron chi connectivity index (χ1n) is 10.2. The van der Waals surface area contributed by atoms with Crippen molar-refractivity contribution >= 4 is 28.9 Å². The molecule has 3 atom stereocenters. The predicted octanol–water partition coefficient (Wildman–Crippen LogP) is 1.65. The van der Waals surface area contributed by atoms with Crippen LogP contribution in [0.25, 0.3) is 11.2 Å². The third kappa shape index (κ3) is 4.50. The number of esters is 2. The number of rotatable bonds is 6. The van der Waals surface area contributed by atoms with E-state index in [1.165, 1.54) is 6.33 Å². The fourth-order valence-electron chi connectivity index (χ4n) is 3.29. The quantitative estimate of drug-likeness (QED) is 0.399. The van der Waals surface area contributed by atoms with Gasteiger partial charge in [-0.2, -0.15) is 14.4 Å². The van der Waals surface area contributed by atoms with E-state index in [0.29, 0.717) is 0 Å². The predicted molar refractivity (Wildman–Crippen MR) is 111 cm³/mol. The number of anilines is 1. The number of nitrogens with two attached hydrogens (primary N) is 1. The van der Waals surface area contributed by atoms with Gasteiger partial charge in [-0.1, -0.05) is 33.6 Å². The third-order valence-corrected chi connectivity index (χ3v) is 5.23. The minimum atomic E-state index is -1.47. The van der Waals surface area contributed by atoms with Gasteiger partial charge < -0.3 is 24.5 Å². The van der Waals surface area contributed by atoms with Crippen molar-refractivity contribution in [3.05, 3.63) is 12.4 Å². The lowest BCUT2D eigenvalue weighted by molar-refractivity contribution is -0.197. The van der Waals surface area contributed by atoms with Crippen molar-refractivity contribution in [3.63, 3.8) is 0 Å². The standard InChI is InChI=1S/C21H26FN5O5/c1-6-21(9-30-18(28)11(2)3)14(32-19(29)12(4)5)7-13(8-31-21)27-10-24-15-16(23)25-20(22)26-17(15)27/h1,10-14H,7-9H2,2-5H3,(H2,23,25,26)/t13?,14-,21+/m0/s1. The molecule has 10 nitrogen and oxygen atoms in total. The Labute approximate surface area is 184 Å². The summed E-state index contributed by atoms with van der Waals surface area (Å²) in [5.74, 6) is 0.704. The maximum Gasteiger partial charge on any atom is 0.312 e. The first-order valence-corrected chi connectivity index (χ1v) is 10.2. The van der Waals surface area contributed by atoms with E-state index in [9.17, 15) is 14.0 Å². The molecule has 3 rings (SSSR count). The summed E-state index contributed by atoms with van der Waals surface area (Å²) < 4.78 is 32.3. The highest BCUT2D eigenvalue weighted by Gasteiger charge is 2.48. The van der Waals surface area contributed by atoms with Crippen LogP contribution in [0.15, 0.2) is 6.33 Å². The molecule has 1 aliphatic rings. The molecule has 2 N–H and O–H groups in total. The van der Waals surface area contributed by atoms with Crippen LogP contribution in [0.5, 0.6) is 0 Å². The molecule has 2 aromatic rings. The zero-order valence-corrected chi connectivity index (χ0v) is 18.4. The minimum absolute atomic E-state index is 0.0517. The van der Waals surface area contributed by atoms with Gasteiger partial charge in [-0.05, 0) is 0 Å². The molecule has 1 aliphatic heterocycles. The molecule has 0 amide bonds. The third-order valence-electron chi connectivity index (χ3n) is 5.23. The molecule has 0 aliphatic carbocycles. The van der Waals surface area contributed by atoms with Crippen LogP contribution in [0.3, 0.4) is 0 Å². The van der Waals surface area contributed by atoms with Crippen molar-refractivity contribution in [2.45, 2.75) is 51.9 Å². The molecule has 0 bridgehead atoms. The number of carbonyl (C=O) groups is 2. The van der Waals surface area contributed by atoms with Crippen LogP contribution in [0, 0.1) is 30.3 Å². The molecule has 3 heterocycles. The highest BCUT2D eigenvalue weighted by Crippen LogP contribution is 2.35. The number of aromatic nitrogens is 4. The lowest BCUT2D eigenvalue weighted by Gasteiger charge is -2.42. The van der Waals surface area contributed by atoms with Crippen LogP contribution >= 0.6 is 0 Å². The maximum absolute atomic E-state index is 13.8. The molecular weight excluding hydrogens is 421 g/mol. The van der Waals surface area contributed by atoms with Gasteiger partial charge in [-0.25, -0.2) is 4.98 Å². The molecule has 32 heavy (non-hydrogen) atoms. The largest absolute Gasteiger partial charge is 0.461 e. The second-order valence-electron chi connectivity index (χ2n) is 8.28. The summed E-state index contributed by atoms with van der Waals surface area (Å²) in [6.07, 6.45) is 5.47. The Kier molecular flexibility index (Phi) is 6.64. The van der Waals surface area contributed by atoms with E-state index in [0.717, 1.165) is 0 Å². The van der Waals surface area contributed by atoms with Crippen LogP contribution in [-0.4, -0.2) is 56.4 Å². The fourth-order valence-corrected chi connectivity index (χ4v) is 3.29. The zero-order chi connectivity index (χ0) is 23.6. The van der Waals surface area contributed by atoms with Crippen LogP contribution in [0.2, 0.25) is 0 Å². The van der Waals surface area contributed by atoms with Crippen molar-refractivity contribution in [1.82, 2.24) is 19.5 Å². The van der Waals surface area contributed by atoms with E-state index in [2.05, 4.69) is 20.9 Å².